The lowest BCUT2D eigenvalue weighted by atomic mass is 9.98. The second kappa shape index (κ2) is 3.95. The molecule has 0 aromatic heterocycles. The molecule has 0 aromatic carbocycles. The number of hydrogen-bond donors (Lipinski definition) is 1. The molecule has 68 valence electrons. The molecule has 4 heteroatoms. The summed E-state index contributed by atoms with van der Waals surface area (Å²) in [4.78, 5) is 0. The van der Waals surface area contributed by atoms with E-state index in [2.05, 4.69) is 5.32 Å². The van der Waals surface area contributed by atoms with Gasteiger partial charge in [0.15, 0.2) is 0 Å². The van der Waals surface area contributed by atoms with Crippen molar-refractivity contribution in [2.45, 2.75) is 26.4 Å². The molecule has 1 nitrogen and oxygen atoms in total. The Balaban J connectivity index is 0.000001000. The van der Waals surface area contributed by atoms with Gasteiger partial charge in [-0.25, -0.2) is 0 Å². The van der Waals surface area contributed by atoms with E-state index >= 15 is 0 Å². The Kier molecular flexibility index (Phi) is 3.86. The first-order valence-electron chi connectivity index (χ1n) is 3.38. The molecule has 11 heavy (non-hydrogen) atoms. The van der Waals surface area contributed by atoms with Gasteiger partial charge in [-0.1, -0.05) is 7.43 Å². The normalized spacial score (nSPS) is 21.0. The molecule has 1 rings (SSSR count). The molecular formula is C7H14F3N. The van der Waals surface area contributed by atoms with Gasteiger partial charge >= 0.3 is 6.18 Å². The van der Waals surface area contributed by atoms with Crippen molar-refractivity contribution in [2.75, 3.05) is 13.1 Å². The molecule has 1 aliphatic rings. The summed E-state index contributed by atoms with van der Waals surface area (Å²) in [7, 11) is 0. The number of alkyl halides is 3. The maximum absolute atomic E-state index is 11.9. The fourth-order valence-corrected chi connectivity index (χ4v) is 1.15. The van der Waals surface area contributed by atoms with Crippen molar-refractivity contribution in [2.24, 2.45) is 5.92 Å². The Morgan fingerprint density at radius 1 is 1.09 bits per heavy atom. The van der Waals surface area contributed by atoms with Crippen molar-refractivity contribution in [1.82, 2.24) is 5.32 Å². The van der Waals surface area contributed by atoms with Crippen LogP contribution in [0.1, 0.15) is 20.3 Å². The summed E-state index contributed by atoms with van der Waals surface area (Å²) in [5.41, 5.74) is 0. The van der Waals surface area contributed by atoms with E-state index in [1.54, 1.807) is 0 Å². The summed E-state index contributed by atoms with van der Waals surface area (Å²) in [5, 5.41) is 2.89. The minimum atomic E-state index is -3.97. The fourth-order valence-electron chi connectivity index (χ4n) is 1.15. The maximum atomic E-state index is 11.9. The van der Waals surface area contributed by atoms with Gasteiger partial charge in [-0.05, 0) is 25.9 Å². The molecule has 0 atom stereocenters. The zero-order valence-corrected chi connectivity index (χ0v) is 5.54. The highest BCUT2D eigenvalue weighted by Crippen LogP contribution is 2.31. The van der Waals surface area contributed by atoms with E-state index < -0.39 is 12.1 Å². The van der Waals surface area contributed by atoms with Gasteiger partial charge in [0.1, 0.15) is 0 Å². The van der Waals surface area contributed by atoms with Crippen LogP contribution >= 0.6 is 0 Å². The smallest absolute Gasteiger partial charge is 0.317 e. The van der Waals surface area contributed by atoms with Crippen molar-refractivity contribution in [3.8, 4) is 0 Å². The van der Waals surface area contributed by atoms with Gasteiger partial charge in [-0.3, -0.25) is 0 Å². The van der Waals surface area contributed by atoms with Crippen LogP contribution < -0.4 is 5.32 Å². The van der Waals surface area contributed by atoms with Crippen LogP contribution in [0.2, 0.25) is 0 Å². The van der Waals surface area contributed by atoms with Crippen molar-refractivity contribution in [3.05, 3.63) is 0 Å². The largest absolute Gasteiger partial charge is 0.391 e. The second-order valence-electron chi connectivity index (χ2n) is 2.57. The van der Waals surface area contributed by atoms with Crippen LogP contribution in [-0.2, 0) is 0 Å². The van der Waals surface area contributed by atoms with Crippen molar-refractivity contribution < 1.29 is 13.2 Å². The predicted molar refractivity (Wildman–Crippen MR) is 38.4 cm³/mol. The molecule has 0 unspecified atom stereocenters. The second-order valence-corrected chi connectivity index (χ2v) is 2.57. The van der Waals surface area contributed by atoms with Crippen molar-refractivity contribution in [1.29, 1.82) is 0 Å². The molecule has 0 saturated carbocycles. The van der Waals surface area contributed by atoms with Crippen LogP contribution in [0.4, 0.5) is 13.2 Å². The zero-order valence-electron chi connectivity index (χ0n) is 5.54. The van der Waals surface area contributed by atoms with Crippen LogP contribution in [0.25, 0.3) is 0 Å². The molecule has 1 aliphatic heterocycles. The van der Waals surface area contributed by atoms with E-state index in [9.17, 15) is 13.2 Å². The molecule has 1 fully saturated rings. The molecular weight excluding hydrogens is 155 g/mol. The number of hydrogen-bond acceptors (Lipinski definition) is 1. The third-order valence-electron chi connectivity index (χ3n) is 1.80. The first-order chi connectivity index (χ1) is 4.61. The summed E-state index contributed by atoms with van der Waals surface area (Å²) in [6, 6.07) is 0. The van der Waals surface area contributed by atoms with Gasteiger partial charge in [0, 0.05) is 0 Å². The Bertz CT molecular complexity index is 105. The van der Waals surface area contributed by atoms with E-state index in [0.717, 1.165) is 0 Å². The lowest BCUT2D eigenvalue weighted by Crippen LogP contribution is -2.35. The average molecular weight is 169 g/mol. The molecule has 1 heterocycles. The first-order valence-corrected chi connectivity index (χ1v) is 3.38. The minimum Gasteiger partial charge on any atom is -0.317 e. The van der Waals surface area contributed by atoms with Crippen molar-refractivity contribution in [3.63, 3.8) is 0 Å². The van der Waals surface area contributed by atoms with Crippen LogP contribution in [0.3, 0.4) is 0 Å². The van der Waals surface area contributed by atoms with E-state index in [4.69, 9.17) is 0 Å². The van der Waals surface area contributed by atoms with Gasteiger partial charge in [0.2, 0.25) is 0 Å². The van der Waals surface area contributed by atoms with Gasteiger partial charge in [-0.2, -0.15) is 13.2 Å². The minimum absolute atomic E-state index is 0. The molecule has 0 aromatic rings. The quantitative estimate of drug-likeness (QED) is 0.586. The summed E-state index contributed by atoms with van der Waals surface area (Å²) < 4.78 is 35.7. The Morgan fingerprint density at radius 3 is 1.82 bits per heavy atom. The number of halogens is 3. The molecule has 0 spiro atoms. The SMILES string of the molecule is C.FC(F)(F)C1CCNCC1. The molecule has 0 aliphatic carbocycles. The molecule has 1 saturated heterocycles. The lowest BCUT2D eigenvalue weighted by Gasteiger charge is -2.24. The highest BCUT2D eigenvalue weighted by atomic mass is 19.4. The van der Waals surface area contributed by atoms with Crippen LogP contribution in [0.5, 0.6) is 0 Å². The van der Waals surface area contributed by atoms with Crippen LogP contribution in [0, 0.1) is 5.92 Å². The highest BCUT2D eigenvalue weighted by Gasteiger charge is 2.39. The molecule has 0 bridgehead atoms. The fraction of sp³-hybridized carbons (Fsp3) is 1.00. The summed E-state index contributed by atoms with van der Waals surface area (Å²) >= 11 is 0. The van der Waals surface area contributed by atoms with Crippen molar-refractivity contribution >= 4 is 0 Å². The standard InChI is InChI=1S/C6H10F3N.CH4/c7-6(8,9)5-1-3-10-4-2-5;/h5,10H,1-4H2;1H4. The lowest BCUT2D eigenvalue weighted by molar-refractivity contribution is -0.180. The Labute approximate surface area is 65.0 Å². The van der Waals surface area contributed by atoms with E-state index in [1.807, 2.05) is 0 Å². The Morgan fingerprint density at radius 2 is 1.55 bits per heavy atom. The van der Waals surface area contributed by atoms with Gasteiger partial charge in [0.05, 0.1) is 5.92 Å². The monoisotopic (exact) mass is 169 g/mol. The summed E-state index contributed by atoms with van der Waals surface area (Å²) in [6.07, 6.45) is -3.49. The van der Waals surface area contributed by atoms with E-state index in [1.165, 1.54) is 0 Å². The average Bonchev–Trinajstić information content (AvgIpc) is 1.88. The van der Waals surface area contributed by atoms with Gasteiger partial charge in [0.25, 0.3) is 0 Å². The van der Waals surface area contributed by atoms with E-state index in [0.29, 0.717) is 13.1 Å². The topological polar surface area (TPSA) is 12.0 Å². The van der Waals surface area contributed by atoms with Crippen LogP contribution in [0.15, 0.2) is 0 Å². The highest BCUT2D eigenvalue weighted by molar-refractivity contribution is 4.73. The Hall–Kier alpha value is -0.250. The summed E-state index contributed by atoms with van der Waals surface area (Å²) in [5.74, 6) is -1.06. The summed E-state index contributed by atoms with van der Waals surface area (Å²) in [6.45, 7) is 1.01. The third-order valence-corrected chi connectivity index (χ3v) is 1.80. The maximum Gasteiger partial charge on any atom is 0.391 e. The first kappa shape index (κ1) is 10.8. The number of piperidine rings is 1. The molecule has 0 radical (unpaired) electrons. The molecule has 1 N–H and O–H groups in total. The predicted octanol–water partition coefficient (Wildman–Crippen LogP) is 2.18. The van der Waals surface area contributed by atoms with Gasteiger partial charge in [-0.15, -0.1) is 0 Å². The number of nitrogens with one attached hydrogen (secondary N) is 1. The van der Waals surface area contributed by atoms with E-state index in [-0.39, 0.29) is 20.3 Å². The number of rotatable bonds is 0. The molecule has 0 amide bonds. The zero-order chi connectivity index (χ0) is 7.61. The third kappa shape index (κ3) is 3.10. The van der Waals surface area contributed by atoms with Crippen LogP contribution in [-0.4, -0.2) is 19.3 Å². The van der Waals surface area contributed by atoms with Gasteiger partial charge < -0.3 is 5.32 Å².